The van der Waals surface area contributed by atoms with E-state index >= 15 is 0 Å². The van der Waals surface area contributed by atoms with Gasteiger partial charge in [-0.3, -0.25) is 4.68 Å². The highest BCUT2D eigenvalue weighted by molar-refractivity contribution is 5.51. The van der Waals surface area contributed by atoms with Crippen molar-refractivity contribution in [3.8, 4) is 0 Å². The first-order valence-electron chi connectivity index (χ1n) is 9.14. The van der Waals surface area contributed by atoms with Gasteiger partial charge in [-0.05, 0) is 37.9 Å². The van der Waals surface area contributed by atoms with Crippen molar-refractivity contribution in [1.82, 2.24) is 29.3 Å². The molecule has 1 aliphatic heterocycles. The minimum Gasteiger partial charge on any atom is -0.302 e. The van der Waals surface area contributed by atoms with E-state index in [1.54, 1.807) is 0 Å². The molecule has 0 bridgehead atoms. The summed E-state index contributed by atoms with van der Waals surface area (Å²) in [5.41, 5.74) is 4.44. The fourth-order valence-electron chi connectivity index (χ4n) is 3.92. The van der Waals surface area contributed by atoms with Crippen molar-refractivity contribution in [1.29, 1.82) is 0 Å². The maximum absolute atomic E-state index is 4.82. The molecule has 3 aromatic rings. The van der Waals surface area contributed by atoms with Crippen LogP contribution in [0.4, 0.5) is 0 Å². The van der Waals surface area contributed by atoms with Gasteiger partial charge in [0.05, 0.1) is 17.9 Å². The molecular weight excluding hydrogens is 312 g/mol. The fraction of sp³-hybridized carbons (Fsp3) is 0.526. The van der Waals surface area contributed by atoms with Gasteiger partial charge in [0, 0.05) is 43.2 Å². The molecule has 0 aliphatic carbocycles. The zero-order chi connectivity index (χ0) is 17.4. The van der Waals surface area contributed by atoms with Crippen LogP contribution in [0.3, 0.4) is 0 Å². The topological polar surface area (TPSA) is 51.2 Å². The van der Waals surface area contributed by atoms with Crippen LogP contribution in [0.5, 0.6) is 0 Å². The van der Waals surface area contributed by atoms with Crippen LogP contribution in [0.1, 0.15) is 43.1 Å². The summed E-state index contributed by atoms with van der Waals surface area (Å²) in [5.74, 6) is 1.24. The van der Waals surface area contributed by atoms with Crippen LogP contribution in [0.15, 0.2) is 30.7 Å². The quantitative estimate of drug-likeness (QED) is 0.718. The lowest BCUT2D eigenvalue weighted by Gasteiger charge is -2.18. The normalized spacial score (nSPS) is 18.6. The van der Waals surface area contributed by atoms with Gasteiger partial charge in [0.15, 0.2) is 5.65 Å². The van der Waals surface area contributed by atoms with E-state index in [2.05, 4.69) is 46.3 Å². The average molecular weight is 338 g/mol. The first-order valence-corrected chi connectivity index (χ1v) is 9.14. The number of fused-ring (bicyclic) bond motifs is 1. The summed E-state index contributed by atoms with van der Waals surface area (Å²) in [5, 5.41) is 9.14. The standard InChI is InChI=1S/C19H26N6/c1-14(2)11-23-10-6-16(12-23)18-5-8-20-19-17(15(3)22-25(18)19)13-24-9-4-7-21-24/h4-5,7-9,14,16H,6,10-13H2,1-3H3/t16-/m0/s1. The lowest BCUT2D eigenvalue weighted by atomic mass is 10.0. The summed E-state index contributed by atoms with van der Waals surface area (Å²) < 4.78 is 4.00. The van der Waals surface area contributed by atoms with E-state index in [9.17, 15) is 0 Å². The number of hydrogen-bond acceptors (Lipinski definition) is 4. The SMILES string of the molecule is Cc1nn2c([C@H]3CCN(CC(C)C)C3)ccnc2c1Cn1cccn1. The van der Waals surface area contributed by atoms with Gasteiger partial charge in [0.1, 0.15) is 0 Å². The van der Waals surface area contributed by atoms with Crippen LogP contribution in [0.25, 0.3) is 5.65 Å². The number of rotatable bonds is 5. The minimum atomic E-state index is 0.529. The molecule has 4 heterocycles. The van der Waals surface area contributed by atoms with Crippen molar-refractivity contribution in [2.45, 2.75) is 39.7 Å². The summed E-state index contributed by atoms with van der Waals surface area (Å²) in [4.78, 5) is 7.20. The van der Waals surface area contributed by atoms with Gasteiger partial charge in [-0.1, -0.05) is 13.8 Å². The van der Waals surface area contributed by atoms with Crippen molar-refractivity contribution in [3.63, 3.8) is 0 Å². The van der Waals surface area contributed by atoms with Crippen molar-refractivity contribution >= 4 is 5.65 Å². The maximum atomic E-state index is 4.82. The number of hydrogen-bond donors (Lipinski definition) is 0. The third-order valence-electron chi connectivity index (χ3n) is 5.04. The first-order chi connectivity index (χ1) is 12.1. The second-order valence-corrected chi connectivity index (χ2v) is 7.51. The van der Waals surface area contributed by atoms with Gasteiger partial charge >= 0.3 is 0 Å². The second kappa shape index (κ2) is 6.59. The first kappa shape index (κ1) is 16.3. The van der Waals surface area contributed by atoms with E-state index in [-0.39, 0.29) is 0 Å². The molecule has 6 heteroatoms. The Hall–Kier alpha value is -2.21. The van der Waals surface area contributed by atoms with Gasteiger partial charge < -0.3 is 4.90 Å². The van der Waals surface area contributed by atoms with Gasteiger partial charge in [-0.25, -0.2) is 9.50 Å². The Labute approximate surface area is 148 Å². The maximum Gasteiger partial charge on any atom is 0.160 e. The highest BCUT2D eigenvalue weighted by Gasteiger charge is 2.27. The molecule has 132 valence electrons. The Morgan fingerprint density at radius 1 is 1.28 bits per heavy atom. The molecule has 0 unspecified atom stereocenters. The van der Waals surface area contributed by atoms with Crippen LogP contribution in [-0.4, -0.2) is 48.9 Å². The van der Waals surface area contributed by atoms with Gasteiger partial charge in [0.25, 0.3) is 0 Å². The molecule has 3 aromatic heterocycles. The molecule has 1 fully saturated rings. The Morgan fingerprint density at radius 3 is 2.92 bits per heavy atom. The average Bonchev–Trinajstić information content (AvgIpc) is 3.29. The number of nitrogens with zero attached hydrogens (tertiary/aromatic N) is 6. The van der Waals surface area contributed by atoms with Crippen LogP contribution < -0.4 is 0 Å². The third kappa shape index (κ3) is 3.18. The van der Waals surface area contributed by atoms with Crippen molar-refractivity contribution in [2.24, 2.45) is 5.92 Å². The third-order valence-corrected chi connectivity index (χ3v) is 5.04. The number of aromatic nitrogens is 5. The van der Waals surface area contributed by atoms with Gasteiger partial charge in [-0.2, -0.15) is 10.2 Å². The second-order valence-electron chi connectivity index (χ2n) is 7.51. The van der Waals surface area contributed by atoms with Crippen LogP contribution in [0, 0.1) is 12.8 Å². The minimum absolute atomic E-state index is 0.529. The van der Waals surface area contributed by atoms with Crippen LogP contribution in [-0.2, 0) is 6.54 Å². The fourth-order valence-corrected chi connectivity index (χ4v) is 3.92. The van der Waals surface area contributed by atoms with E-state index in [0.29, 0.717) is 18.4 Å². The molecule has 0 saturated carbocycles. The van der Waals surface area contributed by atoms with Gasteiger partial charge in [-0.15, -0.1) is 0 Å². The monoisotopic (exact) mass is 338 g/mol. The lowest BCUT2D eigenvalue weighted by molar-refractivity contribution is 0.294. The zero-order valence-electron chi connectivity index (χ0n) is 15.3. The Morgan fingerprint density at radius 2 is 2.16 bits per heavy atom. The molecule has 0 aromatic carbocycles. The number of aryl methyl sites for hydroxylation is 1. The summed E-state index contributed by atoms with van der Waals surface area (Å²) in [6.45, 7) is 10.8. The summed E-state index contributed by atoms with van der Waals surface area (Å²) >= 11 is 0. The molecule has 0 N–H and O–H groups in total. The Kier molecular flexibility index (Phi) is 4.29. The summed E-state index contributed by atoms with van der Waals surface area (Å²) in [7, 11) is 0. The lowest BCUT2D eigenvalue weighted by Crippen LogP contribution is -2.25. The Balaban J connectivity index is 1.65. The van der Waals surface area contributed by atoms with E-state index in [1.165, 1.54) is 25.2 Å². The smallest absolute Gasteiger partial charge is 0.160 e. The van der Waals surface area contributed by atoms with E-state index < -0.39 is 0 Å². The molecule has 1 aliphatic rings. The van der Waals surface area contributed by atoms with Crippen LogP contribution in [0.2, 0.25) is 0 Å². The molecule has 1 atom stereocenters. The van der Waals surface area contributed by atoms with Crippen molar-refractivity contribution < 1.29 is 0 Å². The predicted molar refractivity (Wildman–Crippen MR) is 97.7 cm³/mol. The summed E-state index contributed by atoms with van der Waals surface area (Å²) in [6, 6.07) is 4.09. The van der Waals surface area contributed by atoms with Crippen LogP contribution >= 0.6 is 0 Å². The predicted octanol–water partition coefficient (Wildman–Crippen LogP) is 2.73. The van der Waals surface area contributed by atoms with E-state index in [0.717, 1.165) is 23.4 Å². The van der Waals surface area contributed by atoms with E-state index in [1.807, 2.05) is 29.3 Å². The van der Waals surface area contributed by atoms with Gasteiger partial charge in [0.2, 0.25) is 0 Å². The highest BCUT2D eigenvalue weighted by atomic mass is 15.3. The largest absolute Gasteiger partial charge is 0.302 e. The molecule has 0 amide bonds. The molecule has 1 saturated heterocycles. The molecule has 0 spiro atoms. The molecular formula is C19H26N6. The van der Waals surface area contributed by atoms with E-state index in [4.69, 9.17) is 5.10 Å². The Bertz CT molecular complexity index is 848. The molecule has 4 rings (SSSR count). The molecule has 25 heavy (non-hydrogen) atoms. The van der Waals surface area contributed by atoms with Crippen molar-refractivity contribution in [2.75, 3.05) is 19.6 Å². The molecule has 6 nitrogen and oxygen atoms in total. The number of likely N-dealkylation sites (tertiary alicyclic amines) is 1. The highest BCUT2D eigenvalue weighted by Crippen LogP contribution is 2.28. The summed E-state index contributed by atoms with van der Waals surface area (Å²) in [6.07, 6.45) is 6.91. The molecule has 0 radical (unpaired) electrons. The zero-order valence-corrected chi connectivity index (χ0v) is 15.3. The van der Waals surface area contributed by atoms with Crippen molar-refractivity contribution in [3.05, 3.63) is 47.7 Å².